The highest BCUT2D eigenvalue weighted by atomic mass is 35.5. The summed E-state index contributed by atoms with van der Waals surface area (Å²) in [5.74, 6) is -5.95. The van der Waals surface area contributed by atoms with Crippen LogP contribution in [-0.4, -0.2) is 18.1 Å². The van der Waals surface area contributed by atoms with E-state index in [4.69, 9.17) is 16.3 Å². The molecule has 0 unspecified atom stereocenters. The van der Waals surface area contributed by atoms with Gasteiger partial charge >= 0.3 is 12.0 Å². The third-order valence-corrected chi connectivity index (χ3v) is 3.42. The molecule has 0 aliphatic carbocycles. The van der Waals surface area contributed by atoms with Gasteiger partial charge in [0.2, 0.25) is 0 Å². The zero-order valence-electron chi connectivity index (χ0n) is 12.5. The van der Waals surface area contributed by atoms with E-state index in [1.54, 1.807) is 0 Å². The first-order valence-corrected chi connectivity index (χ1v) is 6.99. The summed E-state index contributed by atoms with van der Waals surface area (Å²) in [4.78, 5) is 9.87. The number of hydrogen-bond donors (Lipinski definition) is 0. The molecular formula is C15H10ClF4NO4. The van der Waals surface area contributed by atoms with Crippen molar-refractivity contribution in [2.45, 2.75) is 12.0 Å². The second-order valence-electron chi connectivity index (χ2n) is 4.79. The van der Waals surface area contributed by atoms with Crippen LogP contribution < -0.4 is 9.47 Å². The van der Waals surface area contributed by atoms with Crippen LogP contribution in [0, 0.1) is 10.1 Å². The standard InChI is InChI=1S/C15H10ClF4NO4/c1-24-13-8-11(21(22)23)6-7-12(13)25-15(19,20)14(17,18)9-2-4-10(16)5-3-9/h2-8H,1H3. The van der Waals surface area contributed by atoms with Crippen molar-refractivity contribution in [3.63, 3.8) is 0 Å². The first kappa shape index (κ1) is 18.8. The molecule has 0 radical (unpaired) electrons. The summed E-state index contributed by atoms with van der Waals surface area (Å²) in [7, 11) is 1.03. The summed E-state index contributed by atoms with van der Waals surface area (Å²) in [6, 6.07) is 5.92. The normalized spacial score (nSPS) is 11.9. The predicted octanol–water partition coefficient (Wildman–Crippen LogP) is 5.02. The fourth-order valence-corrected chi connectivity index (χ4v) is 2.01. The molecule has 0 saturated carbocycles. The number of alkyl halides is 4. The second-order valence-corrected chi connectivity index (χ2v) is 5.23. The van der Waals surface area contributed by atoms with Gasteiger partial charge in [-0.1, -0.05) is 23.7 Å². The summed E-state index contributed by atoms with van der Waals surface area (Å²) in [5, 5.41) is 10.8. The van der Waals surface area contributed by atoms with E-state index < -0.39 is 39.7 Å². The van der Waals surface area contributed by atoms with E-state index in [1.807, 2.05) is 0 Å². The van der Waals surface area contributed by atoms with E-state index in [9.17, 15) is 27.7 Å². The average molecular weight is 380 g/mol. The van der Waals surface area contributed by atoms with Gasteiger partial charge in [-0.05, 0) is 18.2 Å². The molecular weight excluding hydrogens is 370 g/mol. The van der Waals surface area contributed by atoms with Crippen LogP contribution in [0.2, 0.25) is 5.02 Å². The molecule has 10 heteroatoms. The molecule has 0 saturated heterocycles. The van der Waals surface area contributed by atoms with Crippen LogP contribution >= 0.6 is 11.6 Å². The molecule has 0 spiro atoms. The Morgan fingerprint density at radius 2 is 1.64 bits per heavy atom. The van der Waals surface area contributed by atoms with Gasteiger partial charge in [0, 0.05) is 16.7 Å². The Balaban J connectivity index is 2.37. The monoisotopic (exact) mass is 379 g/mol. The van der Waals surface area contributed by atoms with Gasteiger partial charge in [-0.3, -0.25) is 10.1 Å². The lowest BCUT2D eigenvalue weighted by molar-refractivity contribution is -0.385. The number of nitrogens with zero attached hydrogens (tertiary/aromatic N) is 1. The maximum atomic E-state index is 14.1. The first-order valence-electron chi connectivity index (χ1n) is 6.61. The minimum atomic E-state index is -4.95. The van der Waals surface area contributed by atoms with Crippen molar-refractivity contribution in [1.29, 1.82) is 0 Å². The van der Waals surface area contributed by atoms with Crippen molar-refractivity contribution >= 4 is 17.3 Å². The maximum absolute atomic E-state index is 14.1. The highest BCUT2D eigenvalue weighted by molar-refractivity contribution is 6.30. The SMILES string of the molecule is COc1cc([N+](=O)[O-])ccc1OC(F)(F)C(F)(F)c1ccc(Cl)cc1. The second kappa shape index (κ2) is 6.75. The Labute approximate surface area is 143 Å². The fraction of sp³-hybridized carbons (Fsp3) is 0.200. The minimum absolute atomic E-state index is 0.0980. The maximum Gasteiger partial charge on any atom is 0.469 e. The van der Waals surface area contributed by atoms with Crippen LogP contribution in [0.3, 0.4) is 0 Å². The molecule has 0 aliphatic heterocycles. The number of hydrogen-bond acceptors (Lipinski definition) is 4. The molecule has 0 atom stereocenters. The molecule has 0 heterocycles. The van der Waals surface area contributed by atoms with Gasteiger partial charge in [0.25, 0.3) is 5.69 Å². The number of ether oxygens (including phenoxy) is 2. The Morgan fingerprint density at radius 1 is 1.04 bits per heavy atom. The molecule has 0 aliphatic rings. The average Bonchev–Trinajstić information content (AvgIpc) is 2.55. The quantitative estimate of drug-likeness (QED) is 0.401. The van der Waals surface area contributed by atoms with Crippen LogP contribution in [0.5, 0.6) is 11.5 Å². The number of halogens is 5. The van der Waals surface area contributed by atoms with Crippen LogP contribution in [0.25, 0.3) is 0 Å². The zero-order chi connectivity index (χ0) is 18.8. The summed E-state index contributed by atoms with van der Waals surface area (Å²) in [6.07, 6.45) is -4.95. The molecule has 0 fully saturated rings. The van der Waals surface area contributed by atoms with Crippen LogP contribution in [0.15, 0.2) is 42.5 Å². The third-order valence-electron chi connectivity index (χ3n) is 3.17. The Hall–Kier alpha value is -2.55. The first-order chi connectivity index (χ1) is 11.6. The van der Waals surface area contributed by atoms with Crippen molar-refractivity contribution in [2.75, 3.05) is 7.11 Å². The van der Waals surface area contributed by atoms with E-state index in [-0.39, 0.29) is 5.02 Å². The number of nitro groups is 1. The topological polar surface area (TPSA) is 61.6 Å². The van der Waals surface area contributed by atoms with Crippen molar-refractivity contribution in [2.24, 2.45) is 0 Å². The Morgan fingerprint density at radius 3 is 2.16 bits per heavy atom. The smallest absolute Gasteiger partial charge is 0.469 e. The highest BCUT2D eigenvalue weighted by Crippen LogP contribution is 2.46. The van der Waals surface area contributed by atoms with Gasteiger partial charge in [0.05, 0.1) is 18.1 Å². The van der Waals surface area contributed by atoms with Crippen LogP contribution in [-0.2, 0) is 5.92 Å². The molecule has 5 nitrogen and oxygen atoms in total. The fourth-order valence-electron chi connectivity index (χ4n) is 1.88. The molecule has 0 bridgehead atoms. The summed E-state index contributed by atoms with van der Waals surface area (Å²) in [5.41, 5.74) is -1.49. The number of non-ortho nitro benzene ring substituents is 1. The van der Waals surface area contributed by atoms with E-state index in [2.05, 4.69) is 4.74 Å². The van der Waals surface area contributed by atoms with E-state index >= 15 is 0 Å². The number of nitro benzene ring substituents is 1. The number of rotatable bonds is 6. The van der Waals surface area contributed by atoms with Gasteiger partial charge in [-0.2, -0.15) is 17.6 Å². The van der Waals surface area contributed by atoms with E-state index in [1.165, 1.54) is 0 Å². The van der Waals surface area contributed by atoms with Gasteiger partial charge in [-0.15, -0.1) is 0 Å². The van der Waals surface area contributed by atoms with Gasteiger partial charge < -0.3 is 9.47 Å². The molecule has 2 aromatic carbocycles. The number of methoxy groups -OCH3 is 1. The molecule has 2 rings (SSSR count). The Kier molecular flexibility index (Phi) is 5.07. The van der Waals surface area contributed by atoms with Crippen LogP contribution in [0.1, 0.15) is 5.56 Å². The summed E-state index contributed by atoms with van der Waals surface area (Å²) < 4.78 is 65.2. The third kappa shape index (κ3) is 3.76. The number of benzene rings is 2. The lowest BCUT2D eigenvalue weighted by Gasteiger charge is -2.27. The van der Waals surface area contributed by atoms with Crippen molar-refractivity contribution in [3.8, 4) is 11.5 Å². The molecule has 0 amide bonds. The lowest BCUT2D eigenvalue weighted by atomic mass is 10.1. The van der Waals surface area contributed by atoms with E-state index in [0.717, 1.165) is 49.6 Å². The van der Waals surface area contributed by atoms with Crippen molar-refractivity contribution in [3.05, 3.63) is 63.2 Å². The van der Waals surface area contributed by atoms with E-state index in [0.29, 0.717) is 0 Å². The lowest BCUT2D eigenvalue weighted by Crippen LogP contribution is -2.43. The van der Waals surface area contributed by atoms with Gasteiger partial charge in [0.1, 0.15) is 0 Å². The molecule has 134 valence electrons. The molecule has 0 aromatic heterocycles. The predicted molar refractivity (Wildman–Crippen MR) is 80.6 cm³/mol. The molecule has 0 N–H and O–H groups in total. The zero-order valence-corrected chi connectivity index (χ0v) is 13.3. The largest absolute Gasteiger partial charge is 0.493 e. The van der Waals surface area contributed by atoms with Crippen LogP contribution in [0.4, 0.5) is 23.2 Å². The van der Waals surface area contributed by atoms with Crippen molar-refractivity contribution in [1.82, 2.24) is 0 Å². The van der Waals surface area contributed by atoms with Gasteiger partial charge in [0.15, 0.2) is 11.5 Å². The van der Waals surface area contributed by atoms with Crippen molar-refractivity contribution < 1.29 is 32.0 Å². The Bertz CT molecular complexity index is 784. The molecule has 2 aromatic rings. The summed E-state index contributed by atoms with van der Waals surface area (Å²) in [6.45, 7) is 0. The summed E-state index contributed by atoms with van der Waals surface area (Å²) >= 11 is 5.55. The van der Waals surface area contributed by atoms with Gasteiger partial charge in [-0.25, -0.2) is 0 Å². The molecule has 25 heavy (non-hydrogen) atoms. The minimum Gasteiger partial charge on any atom is -0.493 e. The highest BCUT2D eigenvalue weighted by Gasteiger charge is 2.60.